The number of halogens is 3. The highest BCUT2D eigenvalue weighted by Gasteiger charge is 2.35. The van der Waals surface area contributed by atoms with Gasteiger partial charge in [-0.2, -0.15) is 23.3 Å². The third kappa shape index (κ3) is 6.54. The highest BCUT2D eigenvalue weighted by atomic mass is 32.2. The van der Waals surface area contributed by atoms with Gasteiger partial charge in [0, 0.05) is 48.0 Å². The third-order valence-corrected chi connectivity index (χ3v) is 6.26. The van der Waals surface area contributed by atoms with Crippen molar-refractivity contribution in [3.8, 4) is 22.7 Å². The minimum absolute atomic E-state index is 0.000255. The van der Waals surface area contributed by atoms with Gasteiger partial charge in [-0.15, -0.1) is 0 Å². The van der Waals surface area contributed by atoms with E-state index in [9.17, 15) is 31.2 Å². The molecule has 1 aromatic carbocycles. The summed E-state index contributed by atoms with van der Waals surface area (Å²) in [5.74, 6) is -0.742. The van der Waals surface area contributed by atoms with Crippen molar-refractivity contribution in [2.24, 2.45) is 7.05 Å². The van der Waals surface area contributed by atoms with Crippen LogP contribution in [0.1, 0.15) is 27.3 Å². The van der Waals surface area contributed by atoms with E-state index in [-0.39, 0.29) is 28.6 Å². The van der Waals surface area contributed by atoms with Gasteiger partial charge in [-0.05, 0) is 43.7 Å². The molecular formula is C25H24F3N7O5S. The maximum Gasteiger partial charge on any atom is 0.435 e. The molecule has 0 atom stereocenters. The van der Waals surface area contributed by atoms with E-state index in [2.05, 4.69) is 20.4 Å². The minimum Gasteiger partial charge on any atom is -0.497 e. The zero-order valence-electron chi connectivity index (χ0n) is 22.4. The van der Waals surface area contributed by atoms with Gasteiger partial charge in [0.2, 0.25) is 16.0 Å². The van der Waals surface area contributed by atoms with Crippen LogP contribution in [-0.2, 0) is 23.2 Å². The first kappa shape index (κ1) is 29.3. The number of methoxy groups -OCH3 is 1. The Labute approximate surface area is 231 Å². The zero-order valence-corrected chi connectivity index (χ0v) is 23.2. The van der Waals surface area contributed by atoms with Gasteiger partial charge in [0.1, 0.15) is 11.3 Å². The summed E-state index contributed by atoms with van der Waals surface area (Å²) in [5.41, 5.74) is -0.787. The fraction of sp³-hybridized carbons (Fsp3) is 0.240. The van der Waals surface area contributed by atoms with Gasteiger partial charge >= 0.3 is 6.18 Å². The van der Waals surface area contributed by atoms with Gasteiger partial charge in [0.05, 0.1) is 13.4 Å². The van der Waals surface area contributed by atoms with Crippen molar-refractivity contribution in [1.82, 2.24) is 29.0 Å². The van der Waals surface area contributed by atoms with Crippen LogP contribution in [0.4, 0.5) is 24.8 Å². The summed E-state index contributed by atoms with van der Waals surface area (Å²) in [5, 5.41) is 6.69. The van der Waals surface area contributed by atoms with Gasteiger partial charge in [0.25, 0.3) is 11.5 Å². The molecule has 0 saturated heterocycles. The smallest absolute Gasteiger partial charge is 0.435 e. The number of benzene rings is 1. The number of carbonyl (C=O) groups is 1. The molecule has 2 N–H and O–H groups in total. The fourth-order valence-electron chi connectivity index (χ4n) is 3.94. The number of hydrogen-bond acceptors (Lipinski definition) is 9. The van der Waals surface area contributed by atoms with Crippen LogP contribution in [0.25, 0.3) is 16.9 Å². The molecule has 0 bridgehead atoms. The highest BCUT2D eigenvalue weighted by Crippen LogP contribution is 2.32. The largest absolute Gasteiger partial charge is 0.497 e. The number of sulfonamides is 1. The average molecular weight is 592 g/mol. The van der Waals surface area contributed by atoms with Crippen molar-refractivity contribution in [3.05, 3.63) is 75.6 Å². The monoisotopic (exact) mass is 591 g/mol. The number of hydrogen-bond donors (Lipinski definition) is 2. The Bertz CT molecular complexity index is 1830. The standard InChI is InChI=1S/C25H24F3N7O5S/c1-13-6-16(10-17(7-13)40-4)30-24-29-11-19(21(31-24)35-14(2)8-20(32-35)25(26,27)28)15-9-18(23(37)34(3)12-15)22(36)33-41(5,38)39/h6-12H,1-5H3,(H,33,36)(H,29,30,31). The van der Waals surface area contributed by atoms with Crippen LogP contribution < -0.4 is 20.3 Å². The average Bonchev–Trinajstić information content (AvgIpc) is 3.26. The van der Waals surface area contributed by atoms with E-state index in [4.69, 9.17) is 4.74 Å². The molecule has 216 valence electrons. The maximum absolute atomic E-state index is 13.5. The van der Waals surface area contributed by atoms with Crippen LogP contribution in [0.3, 0.4) is 0 Å². The van der Waals surface area contributed by atoms with Gasteiger partial charge in [0.15, 0.2) is 11.5 Å². The number of carbonyl (C=O) groups excluding carboxylic acids is 1. The Morgan fingerprint density at radius 3 is 2.41 bits per heavy atom. The lowest BCUT2D eigenvalue weighted by atomic mass is 10.1. The van der Waals surface area contributed by atoms with Crippen molar-refractivity contribution in [3.63, 3.8) is 0 Å². The predicted molar refractivity (Wildman–Crippen MR) is 143 cm³/mol. The summed E-state index contributed by atoms with van der Waals surface area (Å²) in [6.45, 7) is 3.24. The first-order chi connectivity index (χ1) is 19.1. The fourth-order valence-corrected chi connectivity index (χ4v) is 4.38. The lowest BCUT2D eigenvalue weighted by Gasteiger charge is -2.15. The number of alkyl halides is 3. The molecular weight excluding hydrogens is 567 g/mol. The number of rotatable bonds is 7. The van der Waals surface area contributed by atoms with Gasteiger partial charge in [-0.25, -0.2) is 22.8 Å². The second-order valence-electron chi connectivity index (χ2n) is 9.14. The molecule has 1 amide bonds. The summed E-state index contributed by atoms with van der Waals surface area (Å²) in [6, 6.07) is 7.19. The molecule has 0 saturated carbocycles. The predicted octanol–water partition coefficient (Wildman–Crippen LogP) is 3.11. The van der Waals surface area contributed by atoms with E-state index < -0.39 is 38.9 Å². The van der Waals surface area contributed by atoms with Crippen molar-refractivity contribution in [2.45, 2.75) is 20.0 Å². The minimum atomic E-state index is -4.74. The summed E-state index contributed by atoms with van der Waals surface area (Å²) in [4.78, 5) is 33.9. The second-order valence-corrected chi connectivity index (χ2v) is 10.9. The van der Waals surface area contributed by atoms with Crippen LogP contribution in [0, 0.1) is 13.8 Å². The number of amides is 1. The number of anilines is 2. The molecule has 0 radical (unpaired) electrons. The SMILES string of the molecule is COc1cc(C)cc(Nc2ncc(-c3cc(C(=O)NS(C)(=O)=O)c(=O)n(C)c3)c(-n3nc(C(F)(F)F)cc3C)n2)c1. The molecule has 0 aliphatic carbocycles. The normalized spacial score (nSPS) is 11.8. The van der Waals surface area contributed by atoms with E-state index >= 15 is 0 Å². The van der Waals surface area contributed by atoms with Crippen molar-refractivity contribution in [1.29, 1.82) is 0 Å². The summed E-state index contributed by atoms with van der Waals surface area (Å²) in [7, 11) is -1.18. The molecule has 3 heterocycles. The Hall–Kier alpha value is -4.73. The van der Waals surface area contributed by atoms with Crippen LogP contribution >= 0.6 is 0 Å². The third-order valence-electron chi connectivity index (χ3n) is 5.71. The van der Waals surface area contributed by atoms with Gasteiger partial charge < -0.3 is 14.6 Å². The number of aromatic nitrogens is 5. The quantitative estimate of drug-likeness (QED) is 0.331. The van der Waals surface area contributed by atoms with E-state index in [1.165, 1.54) is 33.5 Å². The molecule has 0 aliphatic rings. The van der Waals surface area contributed by atoms with Crippen LogP contribution in [0.2, 0.25) is 0 Å². The van der Waals surface area contributed by atoms with E-state index in [1.54, 1.807) is 22.9 Å². The van der Waals surface area contributed by atoms with E-state index in [1.807, 2.05) is 6.92 Å². The molecule has 4 aromatic rings. The number of ether oxygens (including phenoxy) is 1. The molecule has 12 nitrogen and oxygen atoms in total. The first-order valence-electron chi connectivity index (χ1n) is 11.7. The topological polar surface area (TPSA) is 150 Å². The molecule has 3 aromatic heterocycles. The number of pyridine rings is 1. The molecule has 0 aliphatic heterocycles. The Morgan fingerprint density at radius 2 is 1.80 bits per heavy atom. The number of nitrogens with zero attached hydrogens (tertiary/aromatic N) is 5. The van der Waals surface area contributed by atoms with E-state index in [0.29, 0.717) is 11.4 Å². The molecule has 41 heavy (non-hydrogen) atoms. The Morgan fingerprint density at radius 1 is 1.10 bits per heavy atom. The lowest BCUT2D eigenvalue weighted by molar-refractivity contribution is -0.141. The van der Waals surface area contributed by atoms with Crippen molar-refractivity contribution < 1.29 is 31.1 Å². The summed E-state index contributed by atoms with van der Waals surface area (Å²) < 4.78 is 72.7. The highest BCUT2D eigenvalue weighted by molar-refractivity contribution is 7.89. The number of nitrogens with one attached hydrogen (secondary N) is 2. The van der Waals surface area contributed by atoms with Crippen molar-refractivity contribution >= 4 is 27.6 Å². The molecule has 16 heteroatoms. The Balaban J connectivity index is 1.92. The first-order valence-corrected chi connectivity index (χ1v) is 13.6. The van der Waals surface area contributed by atoms with Crippen molar-refractivity contribution in [2.75, 3.05) is 18.7 Å². The molecule has 0 fully saturated rings. The van der Waals surface area contributed by atoms with E-state index in [0.717, 1.165) is 33.2 Å². The summed E-state index contributed by atoms with van der Waals surface area (Å²) in [6.07, 6.45) is -1.40. The number of aryl methyl sites for hydroxylation is 3. The van der Waals surface area contributed by atoms with Crippen LogP contribution in [0.5, 0.6) is 5.75 Å². The van der Waals surface area contributed by atoms with Gasteiger partial charge in [-0.3, -0.25) is 9.59 Å². The summed E-state index contributed by atoms with van der Waals surface area (Å²) >= 11 is 0. The molecule has 0 spiro atoms. The van der Waals surface area contributed by atoms with Crippen LogP contribution in [0.15, 0.2) is 47.5 Å². The Kier molecular flexibility index (Phi) is 7.62. The second kappa shape index (κ2) is 10.7. The van der Waals surface area contributed by atoms with Crippen LogP contribution in [-0.4, -0.2) is 52.0 Å². The lowest BCUT2D eigenvalue weighted by Crippen LogP contribution is -2.35. The maximum atomic E-state index is 13.5. The molecule has 0 unspecified atom stereocenters. The van der Waals surface area contributed by atoms with Gasteiger partial charge in [-0.1, -0.05) is 0 Å². The molecule has 4 rings (SSSR count). The zero-order chi connectivity index (χ0) is 30.3.